The lowest BCUT2D eigenvalue weighted by Crippen LogP contribution is -2.19. The van der Waals surface area contributed by atoms with Crippen LogP contribution >= 0.6 is 27.5 Å². The summed E-state index contributed by atoms with van der Waals surface area (Å²) in [6.07, 6.45) is 6.13. The van der Waals surface area contributed by atoms with Gasteiger partial charge in [-0.2, -0.15) is 0 Å². The molecule has 0 saturated heterocycles. The Kier molecular flexibility index (Phi) is 5.74. The number of benzene rings is 1. The molecule has 1 saturated carbocycles. The Bertz CT molecular complexity index is 441. The molecule has 1 aromatic carbocycles. The van der Waals surface area contributed by atoms with Crippen molar-refractivity contribution in [2.45, 2.75) is 52.0 Å². The maximum Gasteiger partial charge on any atom is 0.125 e. The fourth-order valence-corrected chi connectivity index (χ4v) is 3.95. The number of hydrogen-bond donors (Lipinski definition) is 1. The predicted octanol–water partition coefficient (Wildman–Crippen LogP) is 6.26. The van der Waals surface area contributed by atoms with E-state index < -0.39 is 0 Å². The summed E-state index contributed by atoms with van der Waals surface area (Å²) in [6, 6.07) is 3.25. The van der Waals surface area contributed by atoms with Gasteiger partial charge in [0, 0.05) is 10.5 Å². The topological polar surface area (TPSA) is 12.0 Å². The third-order valence-corrected chi connectivity index (χ3v) is 5.24. The van der Waals surface area contributed by atoms with Crippen molar-refractivity contribution in [3.05, 3.63) is 27.4 Å². The number of hydrogen-bond acceptors (Lipinski definition) is 1. The van der Waals surface area contributed by atoms with Crippen LogP contribution in [0.1, 0.15) is 46.0 Å². The third-order valence-electron chi connectivity index (χ3n) is 4.31. The molecule has 1 aliphatic rings. The van der Waals surface area contributed by atoms with Gasteiger partial charge in [-0.05, 0) is 59.2 Å². The van der Waals surface area contributed by atoms with Gasteiger partial charge in [-0.3, -0.25) is 0 Å². The van der Waals surface area contributed by atoms with Gasteiger partial charge in [0.2, 0.25) is 0 Å². The Balaban J connectivity index is 2.04. The number of halogens is 3. The van der Waals surface area contributed by atoms with E-state index in [0.29, 0.717) is 15.5 Å². The monoisotopic (exact) mass is 361 g/mol. The van der Waals surface area contributed by atoms with E-state index >= 15 is 0 Å². The first kappa shape index (κ1) is 16.1. The number of anilines is 1. The quantitative estimate of drug-likeness (QED) is 0.626. The van der Waals surface area contributed by atoms with Crippen LogP contribution in [0.4, 0.5) is 10.1 Å². The molecule has 1 aromatic rings. The number of nitrogens with one attached hydrogen (secondary N) is 1. The molecule has 112 valence electrons. The summed E-state index contributed by atoms with van der Waals surface area (Å²) in [6.45, 7) is 4.62. The highest BCUT2D eigenvalue weighted by Gasteiger charge is 2.22. The van der Waals surface area contributed by atoms with Crippen LogP contribution in [0.25, 0.3) is 0 Å². The zero-order chi connectivity index (χ0) is 14.7. The Morgan fingerprint density at radius 2 is 2.00 bits per heavy atom. The summed E-state index contributed by atoms with van der Waals surface area (Å²) in [5, 5.41) is 3.94. The van der Waals surface area contributed by atoms with Crippen LogP contribution in [0.15, 0.2) is 16.6 Å². The molecule has 0 spiro atoms. The Labute approximate surface area is 134 Å². The first-order chi connectivity index (χ1) is 9.47. The molecule has 0 aliphatic heterocycles. The molecule has 2 unspecified atom stereocenters. The molecule has 1 aliphatic carbocycles. The van der Waals surface area contributed by atoms with Crippen molar-refractivity contribution in [1.82, 2.24) is 0 Å². The highest BCUT2D eigenvalue weighted by Crippen LogP contribution is 2.35. The van der Waals surface area contributed by atoms with Crippen molar-refractivity contribution in [1.29, 1.82) is 0 Å². The van der Waals surface area contributed by atoms with E-state index in [9.17, 15) is 4.39 Å². The van der Waals surface area contributed by atoms with E-state index in [4.69, 9.17) is 11.6 Å². The fraction of sp³-hybridized carbons (Fsp3) is 0.625. The molecular weight excluding hydrogens is 341 g/mol. The average molecular weight is 363 g/mol. The first-order valence-corrected chi connectivity index (χ1v) is 8.55. The second-order valence-electron chi connectivity index (χ2n) is 6.10. The molecule has 0 aromatic heterocycles. The SMILES string of the molecule is CC(C)C1CCCC(Nc2c(Cl)cc(F)cc2Br)CC1. The minimum Gasteiger partial charge on any atom is -0.380 e. The minimum atomic E-state index is -0.312. The lowest BCUT2D eigenvalue weighted by Gasteiger charge is -2.21. The van der Waals surface area contributed by atoms with Gasteiger partial charge in [-0.25, -0.2) is 4.39 Å². The lowest BCUT2D eigenvalue weighted by atomic mass is 9.89. The van der Waals surface area contributed by atoms with Crippen molar-refractivity contribution in [2.24, 2.45) is 11.8 Å². The van der Waals surface area contributed by atoms with E-state index in [0.717, 1.165) is 30.4 Å². The standard InChI is InChI=1S/C16H22BrClFN/c1-10(2)11-4-3-5-13(7-6-11)20-16-14(17)8-12(19)9-15(16)18/h8-11,13,20H,3-7H2,1-2H3. The van der Waals surface area contributed by atoms with E-state index in [1.165, 1.54) is 31.4 Å². The van der Waals surface area contributed by atoms with E-state index in [1.807, 2.05) is 0 Å². The molecular formula is C16H22BrClFN. The third kappa shape index (κ3) is 4.11. The minimum absolute atomic E-state index is 0.312. The Morgan fingerprint density at radius 3 is 2.65 bits per heavy atom. The highest BCUT2D eigenvalue weighted by atomic mass is 79.9. The predicted molar refractivity (Wildman–Crippen MR) is 87.9 cm³/mol. The summed E-state index contributed by atoms with van der Waals surface area (Å²) < 4.78 is 14.0. The second-order valence-corrected chi connectivity index (χ2v) is 7.36. The van der Waals surface area contributed by atoms with E-state index in [-0.39, 0.29) is 5.82 Å². The summed E-state index contributed by atoms with van der Waals surface area (Å²) in [5.41, 5.74) is 0.820. The molecule has 4 heteroatoms. The molecule has 1 nitrogen and oxygen atoms in total. The van der Waals surface area contributed by atoms with Crippen molar-refractivity contribution in [3.8, 4) is 0 Å². The van der Waals surface area contributed by atoms with Gasteiger partial charge in [0.05, 0.1) is 10.7 Å². The molecule has 0 amide bonds. The van der Waals surface area contributed by atoms with Gasteiger partial charge < -0.3 is 5.32 Å². The normalized spacial score (nSPS) is 23.7. The smallest absolute Gasteiger partial charge is 0.125 e. The summed E-state index contributed by atoms with van der Waals surface area (Å²) in [5.74, 6) is 1.27. The summed E-state index contributed by atoms with van der Waals surface area (Å²) >= 11 is 9.53. The molecule has 1 N–H and O–H groups in total. The zero-order valence-electron chi connectivity index (χ0n) is 12.1. The summed E-state index contributed by atoms with van der Waals surface area (Å²) in [4.78, 5) is 0. The first-order valence-electron chi connectivity index (χ1n) is 7.38. The Morgan fingerprint density at radius 1 is 1.25 bits per heavy atom. The van der Waals surface area contributed by atoms with Crippen LogP contribution in [0.5, 0.6) is 0 Å². The van der Waals surface area contributed by atoms with Crippen molar-refractivity contribution in [2.75, 3.05) is 5.32 Å². The molecule has 20 heavy (non-hydrogen) atoms. The molecule has 0 radical (unpaired) electrons. The molecule has 2 atom stereocenters. The maximum atomic E-state index is 13.2. The van der Waals surface area contributed by atoms with Crippen LogP contribution < -0.4 is 5.32 Å². The lowest BCUT2D eigenvalue weighted by molar-refractivity contribution is 0.341. The molecule has 0 heterocycles. The van der Waals surface area contributed by atoms with Gasteiger partial charge in [-0.15, -0.1) is 0 Å². The highest BCUT2D eigenvalue weighted by molar-refractivity contribution is 9.10. The fourth-order valence-electron chi connectivity index (χ4n) is 3.03. The van der Waals surface area contributed by atoms with Crippen LogP contribution in [0, 0.1) is 17.7 Å². The van der Waals surface area contributed by atoms with Crippen LogP contribution in [-0.2, 0) is 0 Å². The van der Waals surface area contributed by atoms with Crippen molar-refractivity contribution in [3.63, 3.8) is 0 Å². The van der Waals surface area contributed by atoms with Gasteiger partial charge in [0.25, 0.3) is 0 Å². The van der Waals surface area contributed by atoms with E-state index in [1.54, 1.807) is 0 Å². The van der Waals surface area contributed by atoms with Crippen molar-refractivity contribution >= 4 is 33.2 Å². The Hall–Kier alpha value is -0.280. The van der Waals surface area contributed by atoms with Crippen molar-refractivity contribution < 1.29 is 4.39 Å². The van der Waals surface area contributed by atoms with E-state index in [2.05, 4.69) is 35.1 Å². The van der Waals surface area contributed by atoms with Crippen LogP contribution in [-0.4, -0.2) is 6.04 Å². The van der Waals surface area contributed by atoms with Gasteiger partial charge in [0.1, 0.15) is 5.82 Å². The molecule has 2 rings (SSSR count). The maximum absolute atomic E-state index is 13.2. The number of rotatable bonds is 3. The molecule has 0 bridgehead atoms. The zero-order valence-corrected chi connectivity index (χ0v) is 14.4. The second kappa shape index (κ2) is 7.13. The summed E-state index contributed by atoms with van der Waals surface area (Å²) in [7, 11) is 0. The average Bonchev–Trinajstić information content (AvgIpc) is 2.59. The largest absolute Gasteiger partial charge is 0.380 e. The molecule has 1 fully saturated rings. The van der Waals surface area contributed by atoms with Crippen LogP contribution in [0.2, 0.25) is 5.02 Å². The van der Waals surface area contributed by atoms with Gasteiger partial charge in [-0.1, -0.05) is 38.3 Å². The van der Waals surface area contributed by atoms with Gasteiger partial charge >= 0.3 is 0 Å². The van der Waals surface area contributed by atoms with Gasteiger partial charge in [0.15, 0.2) is 0 Å². The van der Waals surface area contributed by atoms with Crippen LogP contribution in [0.3, 0.4) is 0 Å².